The second kappa shape index (κ2) is 6.02. The van der Waals surface area contributed by atoms with E-state index in [2.05, 4.69) is 6.92 Å². The van der Waals surface area contributed by atoms with E-state index in [1.807, 2.05) is 7.11 Å². The third-order valence-corrected chi connectivity index (χ3v) is 4.27. The Kier molecular flexibility index (Phi) is 4.66. The molecule has 0 heterocycles. The minimum atomic E-state index is 0.566. The smallest absolute Gasteiger partial charge is 0.0576 e. The van der Waals surface area contributed by atoms with Crippen LogP contribution in [0.2, 0.25) is 0 Å². The van der Waals surface area contributed by atoms with Crippen molar-refractivity contribution in [3.63, 3.8) is 0 Å². The zero-order valence-electron chi connectivity index (χ0n) is 10.8. The molecule has 2 aliphatic carbocycles. The van der Waals surface area contributed by atoms with E-state index in [0.29, 0.717) is 6.10 Å². The molecule has 0 aliphatic heterocycles. The molecule has 0 N–H and O–H groups in total. The number of hydrogen-bond donors (Lipinski definition) is 0. The molecule has 2 unspecified atom stereocenters. The molecule has 2 nitrogen and oxygen atoms in total. The Bertz CT molecular complexity index is 199. The number of methoxy groups -OCH3 is 1. The maximum absolute atomic E-state index is 5.73. The summed E-state index contributed by atoms with van der Waals surface area (Å²) < 4.78 is 11.1. The lowest BCUT2D eigenvalue weighted by molar-refractivity contribution is -0.0104. The maximum atomic E-state index is 5.73. The molecule has 0 aromatic carbocycles. The third kappa shape index (κ3) is 3.21. The van der Waals surface area contributed by atoms with Gasteiger partial charge < -0.3 is 9.47 Å². The van der Waals surface area contributed by atoms with Crippen molar-refractivity contribution in [2.75, 3.05) is 20.3 Å². The van der Waals surface area contributed by atoms with Crippen LogP contribution in [0.1, 0.15) is 45.4 Å². The zero-order valence-corrected chi connectivity index (χ0v) is 10.8. The highest BCUT2D eigenvalue weighted by Crippen LogP contribution is 2.52. The standard InChI is InChI=1S/C14H26O2/c1-3-4-5-6-16-10-12-9-14(12)11-7-13(8-11)15-2/h11-14H,3-10H2,1-2H3. The Balaban J connectivity index is 1.46. The van der Waals surface area contributed by atoms with E-state index in [1.165, 1.54) is 38.5 Å². The summed E-state index contributed by atoms with van der Waals surface area (Å²) in [7, 11) is 1.84. The molecule has 2 heteroatoms. The van der Waals surface area contributed by atoms with Gasteiger partial charge in [-0.3, -0.25) is 0 Å². The van der Waals surface area contributed by atoms with E-state index in [1.54, 1.807) is 0 Å². The molecule has 0 amide bonds. The predicted octanol–water partition coefficient (Wildman–Crippen LogP) is 3.25. The summed E-state index contributed by atoms with van der Waals surface area (Å²) in [6, 6.07) is 0. The van der Waals surface area contributed by atoms with Crippen LogP contribution in [0, 0.1) is 17.8 Å². The highest BCUT2D eigenvalue weighted by molar-refractivity contribution is 4.97. The molecule has 16 heavy (non-hydrogen) atoms. The highest BCUT2D eigenvalue weighted by Gasteiger charge is 2.47. The van der Waals surface area contributed by atoms with Gasteiger partial charge in [0.25, 0.3) is 0 Å². The summed E-state index contributed by atoms with van der Waals surface area (Å²) in [5.41, 5.74) is 0. The second-order valence-electron chi connectivity index (χ2n) is 5.53. The van der Waals surface area contributed by atoms with E-state index < -0.39 is 0 Å². The highest BCUT2D eigenvalue weighted by atomic mass is 16.5. The fraction of sp³-hybridized carbons (Fsp3) is 1.00. The van der Waals surface area contributed by atoms with Crippen LogP contribution in [0.5, 0.6) is 0 Å². The first-order chi connectivity index (χ1) is 7.85. The van der Waals surface area contributed by atoms with Crippen molar-refractivity contribution in [1.82, 2.24) is 0 Å². The molecular formula is C14H26O2. The number of unbranched alkanes of at least 4 members (excludes halogenated alkanes) is 2. The Morgan fingerprint density at radius 1 is 1.12 bits per heavy atom. The van der Waals surface area contributed by atoms with Gasteiger partial charge in [-0.1, -0.05) is 19.8 Å². The molecule has 2 saturated carbocycles. The summed E-state index contributed by atoms with van der Waals surface area (Å²) in [6.07, 6.45) is 8.41. The van der Waals surface area contributed by atoms with Crippen molar-refractivity contribution in [3.8, 4) is 0 Å². The fourth-order valence-corrected chi connectivity index (χ4v) is 2.88. The van der Waals surface area contributed by atoms with E-state index in [9.17, 15) is 0 Å². The van der Waals surface area contributed by atoms with Crippen LogP contribution in [-0.4, -0.2) is 26.4 Å². The predicted molar refractivity (Wildman–Crippen MR) is 65.5 cm³/mol. The van der Waals surface area contributed by atoms with E-state index in [4.69, 9.17) is 9.47 Å². The monoisotopic (exact) mass is 226 g/mol. The zero-order chi connectivity index (χ0) is 11.4. The molecule has 0 bridgehead atoms. The lowest BCUT2D eigenvalue weighted by Crippen LogP contribution is -2.32. The molecule has 0 aromatic heterocycles. The van der Waals surface area contributed by atoms with Crippen LogP contribution < -0.4 is 0 Å². The molecule has 94 valence electrons. The Hall–Kier alpha value is -0.0800. The quantitative estimate of drug-likeness (QED) is 0.591. The molecule has 0 spiro atoms. The topological polar surface area (TPSA) is 18.5 Å². The van der Waals surface area contributed by atoms with Crippen LogP contribution >= 0.6 is 0 Å². The van der Waals surface area contributed by atoms with E-state index in [0.717, 1.165) is 31.0 Å². The van der Waals surface area contributed by atoms with Crippen LogP contribution in [0.25, 0.3) is 0 Å². The van der Waals surface area contributed by atoms with Crippen LogP contribution in [-0.2, 0) is 9.47 Å². The number of hydrogen-bond acceptors (Lipinski definition) is 2. The van der Waals surface area contributed by atoms with Gasteiger partial charge in [0.2, 0.25) is 0 Å². The molecule has 2 aliphatic rings. The van der Waals surface area contributed by atoms with Crippen molar-refractivity contribution >= 4 is 0 Å². The molecule has 0 radical (unpaired) electrons. The van der Waals surface area contributed by atoms with Gasteiger partial charge >= 0.3 is 0 Å². The van der Waals surface area contributed by atoms with Crippen LogP contribution in [0.4, 0.5) is 0 Å². The first-order valence-electron chi connectivity index (χ1n) is 6.95. The largest absolute Gasteiger partial charge is 0.381 e. The van der Waals surface area contributed by atoms with Gasteiger partial charge in [0.15, 0.2) is 0 Å². The van der Waals surface area contributed by atoms with Gasteiger partial charge in [-0.25, -0.2) is 0 Å². The van der Waals surface area contributed by atoms with Gasteiger partial charge in [0.05, 0.1) is 6.10 Å². The van der Waals surface area contributed by atoms with Gasteiger partial charge in [-0.2, -0.15) is 0 Å². The van der Waals surface area contributed by atoms with Gasteiger partial charge in [-0.15, -0.1) is 0 Å². The van der Waals surface area contributed by atoms with Crippen molar-refractivity contribution in [2.24, 2.45) is 17.8 Å². The van der Waals surface area contributed by atoms with Crippen molar-refractivity contribution in [2.45, 2.75) is 51.6 Å². The number of rotatable bonds is 8. The molecule has 2 atom stereocenters. The lowest BCUT2D eigenvalue weighted by atomic mass is 9.78. The fourth-order valence-electron chi connectivity index (χ4n) is 2.88. The first-order valence-corrected chi connectivity index (χ1v) is 6.95. The molecular weight excluding hydrogens is 200 g/mol. The van der Waals surface area contributed by atoms with Gasteiger partial charge in [0.1, 0.15) is 0 Å². The van der Waals surface area contributed by atoms with Crippen molar-refractivity contribution < 1.29 is 9.47 Å². The Morgan fingerprint density at radius 2 is 1.94 bits per heavy atom. The summed E-state index contributed by atoms with van der Waals surface area (Å²) >= 11 is 0. The van der Waals surface area contributed by atoms with E-state index in [-0.39, 0.29) is 0 Å². The third-order valence-electron chi connectivity index (χ3n) is 4.27. The molecule has 0 saturated heterocycles. The summed E-state index contributed by atoms with van der Waals surface area (Å²) in [5, 5.41) is 0. The molecule has 0 aromatic rings. The minimum absolute atomic E-state index is 0.566. The SMILES string of the molecule is CCCCCOCC1CC1C1CC(OC)C1. The Morgan fingerprint density at radius 3 is 2.62 bits per heavy atom. The minimum Gasteiger partial charge on any atom is -0.381 e. The van der Waals surface area contributed by atoms with Crippen LogP contribution in [0.15, 0.2) is 0 Å². The van der Waals surface area contributed by atoms with Crippen LogP contribution in [0.3, 0.4) is 0 Å². The van der Waals surface area contributed by atoms with Gasteiger partial charge in [0, 0.05) is 20.3 Å². The normalized spacial score (nSPS) is 37.1. The summed E-state index contributed by atoms with van der Waals surface area (Å²) in [4.78, 5) is 0. The van der Waals surface area contributed by atoms with Crippen molar-refractivity contribution in [1.29, 1.82) is 0 Å². The Labute approximate surface area is 99.7 Å². The van der Waals surface area contributed by atoms with Gasteiger partial charge in [-0.05, 0) is 43.4 Å². The summed E-state index contributed by atoms with van der Waals surface area (Å²) in [6.45, 7) is 4.23. The summed E-state index contributed by atoms with van der Waals surface area (Å²) in [5.74, 6) is 2.80. The second-order valence-corrected chi connectivity index (χ2v) is 5.53. The number of ether oxygens (including phenoxy) is 2. The first kappa shape index (κ1) is 12.4. The lowest BCUT2D eigenvalue weighted by Gasteiger charge is -2.34. The molecule has 2 rings (SSSR count). The van der Waals surface area contributed by atoms with E-state index >= 15 is 0 Å². The average Bonchev–Trinajstić information content (AvgIpc) is 2.96. The average molecular weight is 226 g/mol. The maximum Gasteiger partial charge on any atom is 0.0576 e. The molecule has 2 fully saturated rings. The van der Waals surface area contributed by atoms with Crippen molar-refractivity contribution in [3.05, 3.63) is 0 Å².